The third-order valence-corrected chi connectivity index (χ3v) is 4.87. The van der Waals surface area contributed by atoms with Gasteiger partial charge in [-0.15, -0.1) is 0 Å². The minimum Gasteiger partial charge on any atom is -0.331 e. The van der Waals surface area contributed by atoms with Gasteiger partial charge in [0, 0.05) is 30.8 Å². The number of carbonyl (C=O) groups excluding carboxylic acids is 2. The molecule has 0 unspecified atom stereocenters. The van der Waals surface area contributed by atoms with Gasteiger partial charge in [0.1, 0.15) is 11.5 Å². The number of aromatic nitrogens is 2. The highest BCUT2D eigenvalue weighted by molar-refractivity contribution is 5.97. The molecule has 0 saturated heterocycles. The number of nitrogens with zero attached hydrogens (tertiary/aromatic N) is 3. The van der Waals surface area contributed by atoms with Gasteiger partial charge in [-0.3, -0.25) is 9.59 Å². The molecule has 2 aromatic rings. The van der Waals surface area contributed by atoms with Gasteiger partial charge in [0.2, 0.25) is 0 Å². The summed E-state index contributed by atoms with van der Waals surface area (Å²) in [6.07, 6.45) is 4.74. The number of ketones is 1. The molecule has 24 heavy (non-hydrogen) atoms. The first-order valence-corrected chi connectivity index (χ1v) is 8.64. The van der Waals surface area contributed by atoms with E-state index in [1.807, 2.05) is 39.9 Å². The van der Waals surface area contributed by atoms with Crippen molar-refractivity contribution in [2.45, 2.75) is 39.3 Å². The zero-order valence-electron chi connectivity index (χ0n) is 13.9. The summed E-state index contributed by atoms with van der Waals surface area (Å²) in [5.74, 6) is 1.18. The maximum Gasteiger partial charge on any atom is 0.254 e. The number of benzene rings is 1. The molecule has 1 aliphatic heterocycles. The number of amides is 1. The van der Waals surface area contributed by atoms with Crippen molar-refractivity contribution in [2.24, 2.45) is 5.92 Å². The Labute approximate surface area is 141 Å². The SMILES string of the molecule is CCc1cccc(C(=O)N2CCn3cc(C(=O)C4CC4)nc3C2)c1. The van der Waals surface area contributed by atoms with Crippen molar-refractivity contribution in [3.63, 3.8) is 0 Å². The van der Waals surface area contributed by atoms with Gasteiger partial charge in [-0.05, 0) is 37.0 Å². The van der Waals surface area contributed by atoms with E-state index in [1.165, 1.54) is 0 Å². The molecule has 0 atom stereocenters. The Morgan fingerprint density at radius 1 is 1.25 bits per heavy atom. The molecular formula is C19H21N3O2. The Morgan fingerprint density at radius 3 is 2.83 bits per heavy atom. The lowest BCUT2D eigenvalue weighted by Crippen LogP contribution is -2.38. The highest BCUT2D eigenvalue weighted by Gasteiger charge is 2.33. The van der Waals surface area contributed by atoms with E-state index in [4.69, 9.17) is 0 Å². The van der Waals surface area contributed by atoms with Gasteiger partial charge in [-0.2, -0.15) is 0 Å². The van der Waals surface area contributed by atoms with E-state index in [2.05, 4.69) is 11.9 Å². The van der Waals surface area contributed by atoms with Crippen molar-refractivity contribution in [2.75, 3.05) is 6.54 Å². The van der Waals surface area contributed by atoms with Gasteiger partial charge in [0.15, 0.2) is 5.78 Å². The average Bonchev–Trinajstić information content (AvgIpc) is 3.38. The molecule has 1 aromatic heterocycles. The van der Waals surface area contributed by atoms with Crippen molar-refractivity contribution < 1.29 is 9.59 Å². The van der Waals surface area contributed by atoms with Gasteiger partial charge >= 0.3 is 0 Å². The van der Waals surface area contributed by atoms with E-state index in [0.717, 1.165) is 36.2 Å². The van der Waals surface area contributed by atoms with Gasteiger partial charge in [0.05, 0.1) is 6.54 Å². The lowest BCUT2D eigenvalue weighted by atomic mass is 10.1. The lowest BCUT2D eigenvalue weighted by Gasteiger charge is -2.27. The lowest BCUT2D eigenvalue weighted by molar-refractivity contribution is 0.0707. The third kappa shape index (κ3) is 2.75. The molecular weight excluding hydrogens is 302 g/mol. The summed E-state index contributed by atoms with van der Waals surface area (Å²) in [4.78, 5) is 31.2. The monoisotopic (exact) mass is 323 g/mol. The predicted molar refractivity (Wildman–Crippen MR) is 89.8 cm³/mol. The molecule has 5 heteroatoms. The van der Waals surface area contributed by atoms with E-state index < -0.39 is 0 Å². The summed E-state index contributed by atoms with van der Waals surface area (Å²) < 4.78 is 2.02. The average molecular weight is 323 g/mol. The zero-order valence-corrected chi connectivity index (χ0v) is 13.9. The number of rotatable bonds is 4. The summed E-state index contributed by atoms with van der Waals surface area (Å²) in [7, 11) is 0. The first-order valence-electron chi connectivity index (χ1n) is 8.64. The Bertz CT molecular complexity index is 805. The second kappa shape index (κ2) is 5.89. The Balaban J connectivity index is 1.53. The van der Waals surface area contributed by atoms with E-state index in [1.54, 1.807) is 0 Å². The molecule has 1 aliphatic carbocycles. The third-order valence-electron chi connectivity index (χ3n) is 4.87. The number of fused-ring (bicyclic) bond motifs is 1. The van der Waals surface area contributed by atoms with Crippen molar-refractivity contribution >= 4 is 11.7 Å². The number of Topliss-reactive ketones (excluding diaryl/α,β-unsaturated/α-hetero) is 1. The van der Waals surface area contributed by atoms with Crippen molar-refractivity contribution in [1.29, 1.82) is 0 Å². The molecule has 124 valence electrons. The van der Waals surface area contributed by atoms with Crippen LogP contribution in [0.3, 0.4) is 0 Å². The van der Waals surface area contributed by atoms with E-state index >= 15 is 0 Å². The number of aryl methyl sites for hydroxylation is 1. The van der Waals surface area contributed by atoms with Crippen molar-refractivity contribution in [3.8, 4) is 0 Å². The Morgan fingerprint density at radius 2 is 2.08 bits per heavy atom. The van der Waals surface area contributed by atoms with E-state index in [-0.39, 0.29) is 17.6 Å². The topological polar surface area (TPSA) is 55.2 Å². The van der Waals surface area contributed by atoms with Crippen LogP contribution in [0, 0.1) is 5.92 Å². The predicted octanol–water partition coefficient (Wildman–Crippen LogP) is 2.69. The van der Waals surface area contributed by atoms with Crippen LogP contribution in [-0.4, -0.2) is 32.7 Å². The maximum atomic E-state index is 12.8. The molecule has 0 spiro atoms. The smallest absolute Gasteiger partial charge is 0.254 e. The second-order valence-corrected chi connectivity index (χ2v) is 6.65. The van der Waals surface area contributed by atoms with Crippen LogP contribution < -0.4 is 0 Å². The van der Waals surface area contributed by atoms with Crippen LogP contribution in [0.4, 0.5) is 0 Å². The van der Waals surface area contributed by atoms with Crippen LogP contribution in [0.5, 0.6) is 0 Å². The van der Waals surface area contributed by atoms with Gasteiger partial charge in [-0.25, -0.2) is 4.98 Å². The Hall–Kier alpha value is -2.43. The number of imidazole rings is 1. The summed E-state index contributed by atoms with van der Waals surface area (Å²) >= 11 is 0. The van der Waals surface area contributed by atoms with Crippen molar-refractivity contribution in [1.82, 2.24) is 14.5 Å². The van der Waals surface area contributed by atoms with E-state index in [0.29, 0.717) is 25.3 Å². The van der Waals surface area contributed by atoms with Gasteiger partial charge in [0.25, 0.3) is 5.91 Å². The molecule has 1 aromatic carbocycles. The normalized spacial score (nSPS) is 16.8. The fourth-order valence-electron chi connectivity index (χ4n) is 3.21. The van der Waals surface area contributed by atoms with E-state index in [9.17, 15) is 9.59 Å². The number of carbonyl (C=O) groups is 2. The van der Waals surface area contributed by atoms with Gasteiger partial charge < -0.3 is 9.47 Å². The first kappa shape index (κ1) is 15.1. The maximum absolute atomic E-state index is 12.8. The molecule has 1 fully saturated rings. The van der Waals surface area contributed by atoms with Crippen LogP contribution in [0.25, 0.3) is 0 Å². The van der Waals surface area contributed by atoms with Crippen LogP contribution >= 0.6 is 0 Å². The fourth-order valence-corrected chi connectivity index (χ4v) is 3.21. The second-order valence-electron chi connectivity index (χ2n) is 6.65. The highest BCUT2D eigenvalue weighted by Crippen LogP contribution is 2.32. The standard InChI is InChI=1S/C19H21N3O2/c1-2-13-4-3-5-15(10-13)19(24)22-9-8-21-11-16(20-17(21)12-22)18(23)14-6-7-14/h3-5,10-11,14H,2,6-9,12H2,1H3. The summed E-state index contributed by atoms with van der Waals surface area (Å²) in [6, 6.07) is 7.80. The highest BCUT2D eigenvalue weighted by atomic mass is 16.2. The molecule has 0 radical (unpaired) electrons. The summed E-state index contributed by atoms with van der Waals surface area (Å²) in [5.41, 5.74) is 2.45. The molecule has 2 heterocycles. The van der Waals surface area contributed by atoms with Crippen LogP contribution in [0.1, 0.15) is 52.0 Å². The fraction of sp³-hybridized carbons (Fsp3) is 0.421. The summed E-state index contributed by atoms with van der Waals surface area (Å²) in [6.45, 7) is 3.89. The molecule has 2 aliphatic rings. The first-order chi connectivity index (χ1) is 11.7. The molecule has 1 amide bonds. The minimum atomic E-state index is 0.0367. The van der Waals surface area contributed by atoms with Crippen LogP contribution in [-0.2, 0) is 19.5 Å². The molecule has 0 bridgehead atoms. The van der Waals surface area contributed by atoms with Crippen LogP contribution in [0.15, 0.2) is 30.5 Å². The molecule has 4 rings (SSSR count). The minimum absolute atomic E-state index is 0.0367. The summed E-state index contributed by atoms with van der Waals surface area (Å²) in [5, 5.41) is 0. The number of hydrogen-bond acceptors (Lipinski definition) is 3. The largest absolute Gasteiger partial charge is 0.331 e. The van der Waals surface area contributed by atoms with Crippen molar-refractivity contribution in [3.05, 3.63) is 53.1 Å². The van der Waals surface area contributed by atoms with Gasteiger partial charge in [-0.1, -0.05) is 19.1 Å². The molecule has 5 nitrogen and oxygen atoms in total. The zero-order chi connectivity index (χ0) is 16.7. The molecule has 0 N–H and O–H groups in total. The number of hydrogen-bond donors (Lipinski definition) is 0. The Kier molecular flexibility index (Phi) is 3.71. The van der Waals surface area contributed by atoms with Crippen LogP contribution in [0.2, 0.25) is 0 Å². The molecule has 1 saturated carbocycles. The quantitative estimate of drug-likeness (QED) is 0.813.